The van der Waals surface area contributed by atoms with Crippen LogP contribution in [0.15, 0.2) is 18.2 Å². The van der Waals surface area contributed by atoms with E-state index in [4.69, 9.17) is 16.3 Å². The monoisotopic (exact) mass is 546 g/mol. The van der Waals surface area contributed by atoms with Crippen LogP contribution in [-0.2, 0) is 20.9 Å². The van der Waals surface area contributed by atoms with Gasteiger partial charge in [0.1, 0.15) is 10.9 Å². The minimum Gasteiger partial charge on any atom is -0.462 e. The van der Waals surface area contributed by atoms with Crippen molar-refractivity contribution < 1.29 is 19.1 Å². The molecule has 0 saturated carbocycles. The summed E-state index contributed by atoms with van der Waals surface area (Å²) in [5, 5.41) is 4.02. The molecule has 200 valence electrons. The number of amides is 2. The second kappa shape index (κ2) is 11.9. The molecular formula is C27H35ClN4O4S. The Kier molecular flexibility index (Phi) is 8.87. The van der Waals surface area contributed by atoms with Gasteiger partial charge in [-0.25, -0.2) is 9.78 Å². The molecule has 2 fully saturated rings. The third-order valence-corrected chi connectivity index (χ3v) is 8.42. The van der Waals surface area contributed by atoms with E-state index >= 15 is 0 Å². The smallest absolute Gasteiger partial charge is 0.350 e. The number of ether oxygens (including phenoxy) is 1. The van der Waals surface area contributed by atoms with Gasteiger partial charge in [0.05, 0.1) is 12.3 Å². The number of benzene rings is 1. The molecule has 8 nitrogen and oxygen atoms in total. The van der Waals surface area contributed by atoms with Gasteiger partial charge < -0.3 is 15.0 Å². The summed E-state index contributed by atoms with van der Waals surface area (Å²) >= 11 is 7.29. The van der Waals surface area contributed by atoms with Gasteiger partial charge in [-0.2, -0.15) is 0 Å². The van der Waals surface area contributed by atoms with Gasteiger partial charge in [0, 0.05) is 37.1 Å². The fraction of sp³-hybridized carbons (Fsp3) is 0.556. The zero-order valence-corrected chi connectivity index (χ0v) is 23.5. The summed E-state index contributed by atoms with van der Waals surface area (Å²) in [6, 6.07) is 5.62. The zero-order chi connectivity index (χ0) is 26.7. The third kappa shape index (κ3) is 6.33. The number of hydrogen-bond donors (Lipinski definition) is 1. The lowest BCUT2D eigenvalue weighted by atomic mass is 10.0. The molecule has 0 bridgehead atoms. The van der Waals surface area contributed by atoms with Crippen molar-refractivity contribution in [3.8, 4) is 0 Å². The average molecular weight is 547 g/mol. The molecule has 0 aliphatic carbocycles. The van der Waals surface area contributed by atoms with Gasteiger partial charge in [0.2, 0.25) is 11.8 Å². The molecular weight excluding hydrogens is 512 g/mol. The van der Waals surface area contributed by atoms with Crippen LogP contribution in [0.25, 0.3) is 0 Å². The number of rotatable bonds is 8. The summed E-state index contributed by atoms with van der Waals surface area (Å²) in [7, 11) is 0. The number of hydrogen-bond acceptors (Lipinski definition) is 7. The number of likely N-dealkylation sites (tertiary alicyclic amines) is 2. The number of carbonyl (C=O) groups excluding carboxylic acids is 3. The molecule has 2 aromatic rings. The molecule has 4 rings (SSSR count). The maximum Gasteiger partial charge on any atom is 0.350 e. The van der Waals surface area contributed by atoms with Crippen LogP contribution in [0.1, 0.15) is 78.9 Å². The fourth-order valence-corrected chi connectivity index (χ4v) is 6.28. The van der Waals surface area contributed by atoms with Crippen LogP contribution in [0.5, 0.6) is 0 Å². The first-order valence-corrected chi connectivity index (χ1v) is 14.1. The first-order chi connectivity index (χ1) is 17.7. The highest BCUT2D eigenvalue weighted by molar-refractivity contribution is 7.17. The maximum atomic E-state index is 13.3. The maximum absolute atomic E-state index is 13.3. The van der Waals surface area contributed by atoms with Crippen molar-refractivity contribution in [3.63, 3.8) is 0 Å². The summed E-state index contributed by atoms with van der Waals surface area (Å²) in [6.07, 6.45) is 2.50. The summed E-state index contributed by atoms with van der Waals surface area (Å²) in [4.78, 5) is 47.6. The molecule has 1 aromatic carbocycles. The summed E-state index contributed by atoms with van der Waals surface area (Å²) in [5.74, 6) is -0.638. The molecule has 1 aromatic heterocycles. The highest BCUT2D eigenvalue weighted by Crippen LogP contribution is 2.32. The van der Waals surface area contributed by atoms with Crippen LogP contribution in [0.3, 0.4) is 0 Å². The highest BCUT2D eigenvalue weighted by Gasteiger charge is 2.41. The molecule has 3 heterocycles. The average Bonchev–Trinajstić information content (AvgIpc) is 3.46. The van der Waals surface area contributed by atoms with Crippen molar-refractivity contribution in [2.24, 2.45) is 0 Å². The Morgan fingerprint density at radius 1 is 1.24 bits per heavy atom. The summed E-state index contributed by atoms with van der Waals surface area (Å²) < 4.78 is 5.16. The van der Waals surface area contributed by atoms with Crippen LogP contribution in [-0.4, -0.2) is 64.3 Å². The Bertz CT molecular complexity index is 1160. The molecule has 0 radical (unpaired) electrons. The predicted octanol–water partition coefficient (Wildman–Crippen LogP) is 5.00. The SMILES string of the molecule is CCOC(=O)c1sc(NC(=O)[C@H]2CCC(=O)N2C2CCN(Cc3ccc(Cl)c(C)c3)CC2)nc1C(C)C. The van der Waals surface area contributed by atoms with E-state index in [9.17, 15) is 14.4 Å². The molecule has 1 atom stereocenters. The van der Waals surface area contributed by atoms with E-state index in [1.54, 1.807) is 11.8 Å². The second-order valence-electron chi connectivity index (χ2n) is 10.0. The number of anilines is 1. The van der Waals surface area contributed by atoms with Gasteiger partial charge in [-0.05, 0) is 56.2 Å². The molecule has 2 aliphatic rings. The number of piperidine rings is 1. The van der Waals surface area contributed by atoms with Crippen LogP contribution < -0.4 is 5.32 Å². The lowest BCUT2D eigenvalue weighted by Crippen LogP contribution is -2.51. The summed E-state index contributed by atoms with van der Waals surface area (Å²) in [5.41, 5.74) is 2.91. The summed E-state index contributed by atoms with van der Waals surface area (Å²) in [6.45, 7) is 10.5. The van der Waals surface area contributed by atoms with Crippen LogP contribution in [0.4, 0.5) is 5.13 Å². The molecule has 1 N–H and O–H groups in total. The third-order valence-electron chi connectivity index (χ3n) is 7.03. The van der Waals surface area contributed by atoms with E-state index in [1.165, 1.54) is 5.56 Å². The highest BCUT2D eigenvalue weighted by atomic mass is 35.5. The van der Waals surface area contributed by atoms with E-state index in [1.807, 2.05) is 26.8 Å². The molecule has 10 heteroatoms. The quantitative estimate of drug-likeness (QED) is 0.468. The van der Waals surface area contributed by atoms with Crippen molar-refractivity contribution in [1.29, 1.82) is 0 Å². The normalized spacial score (nSPS) is 19.0. The number of thiazole rings is 1. The van der Waals surface area contributed by atoms with Crippen molar-refractivity contribution >= 4 is 45.9 Å². The van der Waals surface area contributed by atoms with Gasteiger partial charge in [-0.15, -0.1) is 0 Å². The topological polar surface area (TPSA) is 91.8 Å². The first-order valence-electron chi connectivity index (χ1n) is 12.9. The van der Waals surface area contributed by atoms with Gasteiger partial charge in [0.25, 0.3) is 0 Å². The molecule has 2 amide bonds. The van der Waals surface area contributed by atoms with Gasteiger partial charge in [0.15, 0.2) is 5.13 Å². The van der Waals surface area contributed by atoms with E-state index < -0.39 is 12.0 Å². The largest absolute Gasteiger partial charge is 0.462 e. The number of carbonyl (C=O) groups is 3. The Hall–Kier alpha value is -2.49. The van der Waals surface area contributed by atoms with E-state index in [-0.39, 0.29) is 30.4 Å². The van der Waals surface area contributed by atoms with Crippen molar-refractivity contribution in [3.05, 3.63) is 44.9 Å². The van der Waals surface area contributed by atoms with E-state index in [0.29, 0.717) is 28.5 Å². The van der Waals surface area contributed by atoms with E-state index in [2.05, 4.69) is 27.3 Å². The minimum atomic E-state index is -0.527. The van der Waals surface area contributed by atoms with Crippen molar-refractivity contribution in [2.45, 2.75) is 77.9 Å². The van der Waals surface area contributed by atoms with Gasteiger partial charge in [-0.1, -0.05) is 48.9 Å². The van der Waals surface area contributed by atoms with Crippen LogP contribution >= 0.6 is 22.9 Å². The molecule has 2 aliphatic heterocycles. The number of halogens is 1. The van der Waals surface area contributed by atoms with Crippen LogP contribution in [0.2, 0.25) is 5.02 Å². The van der Waals surface area contributed by atoms with Crippen molar-refractivity contribution in [1.82, 2.24) is 14.8 Å². The molecule has 0 spiro atoms. The molecule has 2 saturated heterocycles. The Morgan fingerprint density at radius 2 is 1.97 bits per heavy atom. The van der Waals surface area contributed by atoms with Gasteiger partial charge >= 0.3 is 5.97 Å². The van der Waals surface area contributed by atoms with Crippen LogP contribution in [0, 0.1) is 6.92 Å². The number of esters is 1. The number of aromatic nitrogens is 1. The Labute approximate surface area is 227 Å². The fourth-order valence-electron chi connectivity index (χ4n) is 5.14. The Balaban J connectivity index is 1.39. The van der Waals surface area contributed by atoms with Crippen molar-refractivity contribution in [2.75, 3.05) is 25.0 Å². The van der Waals surface area contributed by atoms with Gasteiger partial charge in [-0.3, -0.25) is 14.5 Å². The first kappa shape index (κ1) is 27.5. The molecule has 0 unspecified atom stereocenters. The Morgan fingerprint density at radius 3 is 2.62 bits per heavy atom. The lowest BCUT2D eigenvalue weighted by molar-refractivity contribution is -0.136. The number of nitrogens with zero attached hydrogens (tertiary/aromatic N) is 3. The zero-order valence-electron chi connectivity index (χ0n) is 21.9. The minimum absolute atomic E-state index is 0.00726. The standard InChI is InChI=1S/C27H35ClN4O4S/c1-5-36-26(35)24-23(16(2)3)29-27(37-24)30-25(34)21-8-9-22(33)32(21)19-10-12-31(13-11-19)15-18-6-7-20(28)17(4)14-18/h6-7,14,16,19,21H,5,8-13,15H2,1-4H3,(H,29,30,34)/t21-/m1/s1. The predicted molar refractivity (Wildman–Crippen MR) is 145 cm³/mol. The molecule has 37 heavy (non-hydrogen) atoms. The number of nitrogens with one attached hydrogen (secondary N) is 1. The number of aryl methyl sites for hydroxylation is 1. The lowest BCUT2D eigenvalue weighted by Gasteiger charge is -2.39. The van der Waals surface area contributed by atoms with E-state index in [0.717, 1.165) is 54.4 Å². The second-order valence-corrected chi connectivity index (χ2v) is 11.5.